The lowest BCUT2D eigenvalue weighted by atomic mass is 9.73. The van der Waals surface area contributed by atoms with E-state index in [0.717, 1.165) is 6.29 Å². The average Bonchev–Trinajstić information content (AvgIpc) is 2.00. The molecule has 0 radical (unpaired) electrons. The maximum absolute atomic E-state index is 10.8. The molecule has 0 fully saturated rings. The molecule has 0 spiro atoms. The van der Waals surface area contributed by atoms with Gasteiger partial charge in [-0.3, -0.25) is 0 Å². The fourth-order valence-corrected chi connectivity index (χ4v) is 1.91. The van der Waals surface area contributed by atoms with Crippen LogP contribution in [0.1, 0.15) is 20.8 Å². The van der Waals surface area contributed by atoms with Gasteiger partial charge in [0.15, 0.2) is 0 Å². The predicted molar refractivity (Wildman–Crippen MR) is 51.3 cm³/mol. The van der Waals surface area contributed by atoms with Gasteiger partial charge in [-0.25, -0.2) is 0 Å². The van der Waals surface area contributed by atoms with Gasteiger partial charge in [0.25, 0.3) is 0 Å². The third kappa shape index (κ3) is 1.56. The van der Waals surface area contributed by atoms with E-state index >= 15 is 0 Å². The summed E-state index contributed by atoms with van der Waals surface area (Å²) in [5.41, 5.74) is 0. The van der Waals surface area contributed by atoms with Gasteiger partial charge in [0.2, 0.25) is 0 Å². The van der Waals surface area contributed by atoms with Crippen LogP contribution in [0, 0.1) is 17.8 Å². The standard InChI is InChI=1S/C10H15ClO/c1-7-4-5-10(3,11)8(2)9(7)6-12/h4-9H,1-3H3/t7-,8?,9?,10?/m1/s1. The Balaban J connectivity index is 2.92. The first-order chi connectivity index (χ1) is 5.49. The Labute approximate surface area is 78.8 Å². The van der Waals surface area contributed by atoms with Gasteiger partial charge in [0.1, 0.15) is 6.29 Å². The van der Waals surface area contributed by atoms with Gasteiger partial charge in [0, 0.05) is 5.92 Å². The Morgan fingerprint density at radius 3 is 2.50 bits per heavy atom. The molecule has 1 nitrogen and oxygen atoms in total. The molecule has 0 amide bonds. The molecule has 0 aromatic rings. The van der Waals surface area contributed by atoms with E-state index in [1.165, 1.54) is 0 Å². The molecule has 3 unspecified atom stereocenters. The van der Waals surface area contributed by atoms with Gasteiger partial charge in [-0.15, -0.1) is 11.6 Å². The molecule has 0 aromatic heterocycles. The maximum Gasteiger partial charge on any atom is 0.123 e. The van der Waals surface area contributed by atoms with Crippen LogP contribution in [0.15, 0.2) is 12.2 Å². The van der Waals surface area contributed by atoms with Crippen molar-refractivity contribution >= 4 is 17.9 Å². The Hall–Kier alpha value is -0.300. The summed E-state index contributed by atoms with van der Waals surface area (Å²) in [4.78, 5) is 10.4. The van der Waals surface area contributed by atoms with E-state index in [2.05, 4.69) is 6.92 Å². The molecule has 0 aromatic carbocycles. The fraction of sp³-hybridized carbons (Fsp3) is 0.700. The monoisotopic (exact) mass is 186 g/mol. The van der Waals surface area contributed by atoms with Crippen LogP contribution in [0.25, 0.3) is 0 Å². The van der Waals surface area contributed by atoms with Gasteiger partial charge in [-0.1, -0.05) is 26.0 Å². The molecule has 0 aliphatic heterocycles. The summed E-state index contributed by atoms with van der Waals surface area (Å²) in [6.07, 6.45) is 5.06. The molecule has 68 valence electrons. The number of halogens is 1. The molecule has 1 aliphatic carbocycles. The number of allylic oxidation sites excluding steroid dienone is 2. The van der Waals surface area contributed by atoms with E-state index in [-0.39, 0.29) is 16.7 Å². The van der Waals surface area contributed by atoms with Crippen molar-refractivity contribution in [3.05, 3.63) is 12.2 Å². The van der Waals surface area contributed by atoms with Crippen molar-refractivity contribution < 1.29 is 4.79 Å². The lowest BCUT2D eigenvalue weighted by Gasteiger charge is -2.36. The SMILES string of the molecule is CC1C(C=O)[C@H](C)C=CC1(C)Cl. The first-order valence-electron chi connectivity index (χ1n) is 4.32. The third-order valence-electron chi connectivity index (χ3n) is 2.96. The van der Waals surface area contributed by atoms with Crippen LogP contribution in [0.4, 0.5) is 0 Å². The van der Waals surface area contributed by atoms with Crippen LogP contribution in [0.5, 0.6) is 0 Å². The Morgan fingerprint density at radius 2 is 2.08 bits per heavy atom. The second-order valence-corrected chi connectivity index (χ2v) is 4.69. The van der Waals surface area contributed by atoms with Crippen LogP contribution < -0.4 is 0 Å². The molecule has 12 heavy (non-hydrogen) atoms. The Bertz CT molecular complexity index is 208. The van der Waals surface area contributed by atoms with Crippen LogP contribution in [0.3, 0.4) is 0 Å². The van der Waals surface area contributed by atoms with Crippen molar-refractivity contribution in [3.8, 4) is 0 Å². The number of carbonyl (C=O) groups excluding carboxylic acids is 1. The van der Waals surface area contributed by atoms with Crippen LogP contribution in [0.2, 0.25) is 0 Å². The summed E-state index contributed by atoms with van der Waals surface area (Å²) >= 11 is 6.22. The predicted octanol–water partition coefficient (Wildman–Crippen LogP) is 2.64. The van der Waals surface area contributed by atoms with Crippen LogP contribution in [-0.4, -0.2) is 11.2 Å². The number of alkyl halides is 1. The van der Waals surface area contributed by atoms with E-state index in [1.807, 2.05) is 26.0 Å². The van der Waals surface area contributed by atoms with Crippen molar-refractivity contribution in [3.63, 3.8) is 0 Å². The van der Waals surface area contributed by atoms with Crippen LogP contribution in [-0.2, 0) is 4.79 Å². The second kappa shape index (κ2) is 3.21. The molecule has 0 saturated heterocycles. The summed E-state index contributed by atoms with van der Waals surface area (Å²) in [5.74, 6) is 0.610. The highest BCUT2D eigenvalue weighted by Gasteiger charge is 2.37. The third-order valence-corrected chi connectivity index (χ3v) is 3.43. The second-order valence-electron chi connectivity index (χ2n) is 3.87. The average molecular weight is 187 g/mol. The zero-order chi connectivity index (χ0) is 9.35. The normalized spacial score (nSPS) is 47.5. The minimum absolute atomic E-state index is 0.0671. The maximum atomic E-state index is 10.8. The fourth-order valence-electron chi connectivity index (χ4n) is 1.69. The van der Waals surface area contributed by atoms with Gasteiger partial charge in [-0.05, 0) is 18.8 Å². The lowest BCUT2D eigenvalue weighted by molar-refractivity contribution is -0.113. The van der Waals surface area contributed by atoms with E-state index < -0.39 is 0 Å². The number of hydrogen-bond donors (Lipinski definition) is 0. The molecule has 0 heterocycles. The van der Waals surface area contributed by atoms with E-state index in [0.29, 0.717) is 5.92 Å². The highest BCUT2D eigenvalue weighted by Crippen LogP contribution is 2.39. The minimum atomic E-state index is -0.349. The van der Waals surface area contributed by atoms with E-state index in [9.17, 15) is 4.79 Å². The minimum Gasteiger partial charge on any atom is -0.303 e. The largest absolute Gasteiger partial charge is 0.303 e. The summed E-state index contributed by atoms with van der Waals surface area (Å²) in [7, 11) is 0. The topological polar surface area (TPSA) is 17.1 Å². The first kappa shape index (κ1) is 9.79. The van der Waals surface area contributed by atoms with Gasteiger partial charge >= 0.3 is 0 Å². The molecule has 1 rings (SSSR count). The quantitative estimate of drug-likeness (QED) is 0.350. The molecule has 4 atom stereocenters. The van der Waals surface area contributed by atoms with E-state index in [4.69, 9.17) is 11.6 Å². The number of carbonyl (C=O) groups is 1. The van der Waals surface area contributed by atoms with Gasteiger partial charge in [0.05, 0.1) is 4.87 Å². The molecule has 0 saturated carbocycles. The van der Waals surface area contributed by atoms with Crippen molar-refractivity contribution in [2.75, 3.05) is 0 Å². The zero-order valence-corrected chi connectivity index (χ0v) is 8.51. The molecular weight excluding hydrogens is 172 g/mol. The molecule has 0 N–H and O–H groups in total. The summed E-state index contributed by atoms with van der Waals surface area (Å²) in [6.45, 7) is 6.04. The number of hydrogen-bond acceptors (Lipinski definition) is 1. The summed E-state index contributed by atoms with van der Waals surface area (Å²) in [5, 5.41) is 0. The highest BCUT2D eigenvalue weighted by molar-refractivity contribution is 6.25. The summed E-state index contributed by atoms with van der Waals surface area (Å²) < 4.78 is 0. The van der Waals surface area contributed by atoms with Crippen molar-refractivity contribution in [1.29, 1.82) is 0 Å². The summed E-state index contributed by atoms with van der Waals surface area (Å²) in [6, 6.07) is 0. The molecule has 0 bridgehead atoms. The highest BCUT2D eigenvalue weighted by atomic mass is 35.5. The molecule has 2 heteroatoms. The molecule has 1 aliphatic rings. The van der Waals surface area contributed by atoms with E-state index in [1.54, 1.807) is 0 Å². The van der Waals surface area contributed by atoms with Crippen LogP contribution >= 0.6 is 11.6 Å². The zero-order valence-electron chi connectivity index (χ0n) is 7.75. The van der Waals surface area contributed by atoms with Gasteiger partial charge < -0.3 is 4.79 Å². The number of rotatable bonds is 1. The Kier molecular flexibility index (Phi) is 2.62. The number of aldehydes is 1. The van der Waals surface area contributed by atoms with Crippen molar-refractivity contribution in [2.24, 2.45) is 17.8 Å². The molecular formula is C10H15ClO. The van der Waals surface area contributed by atoms with Gasteiger partial charge in [-0.2, -0.15) is 0 Å². The van der Waals surface area contributed by atoms with Crippen molar-refractivity contribution in [1.82, 2.24) is 0 Å². The smallest absolute Gasteiger partial charge is 0.123 e. The lowest BCUT2D eigenvalue weighted by Crippen LogP contribution is -2.37. The van der Waals surface area contributed by atoms with Crippen molar-refractivity contribution in [2.45, 2.75) is 25.6 Å². The Morgan fingerprint density at radius 1 is 1.50 bits per heavy atom. The first-order valence-corrected chi connectivity index (χ1v) is 4.70.